The van der Waals surface area contributed by atoms with Crippen LogP contribution in [0.3, 0.4) is 0 Å². The van der Waals surface area contributed by atoms with E-state index in [-0.39, 0.29) is 17.7 Å². The number of carbonyl (C=O) groups excluding carboxylic acids is 3. The number of hydrogen-bond donors (Lipinski definition) is 2. The van der Waals surface area contributed by atoms with Gasteiger partial charge in [0.25, 0.3) is 5.91 Å². The second-order valence-electron chi connectivity index (χ2n) is 11.6. The Labute approximate surface area is 231 Å². The molecule has 0 aliphatic heterocycles. The molecule has 2 unspecified atom stereocenters. The number of alkyl carbamates (subject to hydrolysis) is 1. The fraction of sp³-hybridized carbons (Fsp3) is 0.406. The van der Waals surface area contributed by atoms with Gasteiger partial charge in [-0.25, -0.2) is 4.79 Å². The van der Waals surface area contributed by atoms with Crippen molar-refractivity contribution in [2.24, 2.45) is 5.92 Å². The molecule has 208 valence electrons. The van der Waals surface area contributed by atoms with E-state index in [9.17, 15) is 14.4 Å². The molecule has 7 heteroatoms. The second-order valence-corrected chi connectivity index (χ2v) is 11.6. The van der Waals surface area contributed by atoms with Crippen LogP contribution in [0.2, 0.25) is 0 Å². The number of aryl methyl sites for hydroxylation is 2. The van der Waals surface area contributed by atoms with E-state index in [2.05, 4.69) is 10.6 Å². The van der Waals surface area contributed by atoms with Gasteiger partial charge in [-0.1, -0.05) is 67.9 Å². The number of rotatable bonds is 8. The van der Waals surface area contributed by atoms with E-state index in [4.69, 9.17) is 4.74 Å². The average Bonchev–Trinajstić information content (AvgIpc) is 2.83. The number of carbonyl (C=O) groups is 3. The molecular formula is C32H41N3O4. The van der Waals surface area contributed by atoms with Crippen LogP contribution in [-0.4, -0.2) is 41.5 Å². The normalized spacial score (nSPS) is 13.1. The third-order valence-electron chi connectivity index (χ3n) is 6.43. The molecule has 3 aromatic carbocycles. The summed E-state index contributed by atoms with van der Waals surface area (Å²) in [6.45, 7) is 13.1. The fourth-order valence-electron chi connectivity index (χ4n) is 4.57. The average molecular weight is 532 g/mol. The van der Waals surface area contributed by atoms with Crippen molar-refractivity contribution in [1.82, 2.24) is 10.2 Å². The molecule has 0 fully saturated rings. The van der Waals surface area contributed by atoms with Crippen LogP contribution in [0.4, 0.5) is 10.5 Å². The Morgan fingerprint density at radius 3 is 2.23 bits per heavy atom. The summed E-state index contributed by atoms with van der Waals surface area (Å²) in [6.07, 6.45) is -0.271. The molecule has 0 bridgehead atoms. The van der Waals surface area contributed by atoms with Crippen molar-refractivity contribution in [3.63, 3.8) is 0 Å². The van der Waals surface area contributed by atoms with Crippen LogP contribution < -0.4 is 10.6 Å². The smallest absolute Gasteiger partial charge is 0.408 e. The van der Waals surface area contributed by atoms with E-state index >= 15 is 0 Å². The van der Waals surface area contributed by atoms with Crippen molar-refractivity contribution in [2.75, 3.05) is 12.4 Å². The molecule has 3 amide bonds. The third kappa shape index (κ3) is 8.06. The van der Waals surface area contributed by atoms with Gasteiger partial charge in [0.05, 0.1) is 0 Å². The number of hydrogen-bond acceptors (Lipinski definition) is 4. The third-order valence-corrected chi connectivity index (χ3v) is 6.43. The molecule has 7 nitrogen and oxygen atoms in total. The lowest BCUT2D eigenvalue weighted by molar-refractivity contribution is -0.139. The second kappa shape index (κ2) is 12.3. The predicted octanol–water partition coefficient (Wildman–Crippen LogP) is 6.53. The summed E-state index contributed by atoms with van der Waals surface area (Å²) in [5, 5.41) is 7.83. The quantitative estimate of drug-likeness (QED) is 0.346. The van der Waals surface area contributed by atoms with E-state index < -0.39 is 23.8 Å². The first-order chi connectivity index (χ1) is 18.2. The summed E-state index contributed by atoms with van der Waals surface area (Å²) in [7, 11) is 1.61. The molecule has 3 aromatic rings. The first kappa shape index (κ1) is 29.7. The van der Waals surface area contributed by atoms with E-state index in [0.717, 1.165) is 27.5 Å². The molecular weight excluding hydrogens is 490 g/mol. The van der Waals surface area contributed by atoms with Crippen LogP contribution in [-0.2, 0) is 14.3 Å². The van der Waals surface area contributed by atoms with Gasteiger partial charge in [0.15, 0.2) is 0 Å². The molecule has 0 saturated heterocycles. The summed E-state index contributed by atoms with van der Waals surface area (Å²) < 4.78 is 5.42. The van der Waals surface area contributed by atoms with Crippen molar-refractivity contribution in [3.8, 4) is 0 Å². The minimum absolute atomic E-state index is 0.118. The van der Waals surface area contributed by atoms with Gasteiger partial charge in [-0.05, 0) is 81.0 Å². The lowest BCUT2D eigenvalue weighted by Gasteiger charge is -2.33. The van der Waals surface area contributed by atoms with Gasteiger partial charge in [0.1, 0.15) is 17.7 Å². The molecule has 2 N–H and O–H groups in total. The maximum absolute atomic E-state index is 13.9. The van der Waals surface area contributed by atoms with Crippen LogP contribution in [0.25, 0.3) is 10.8 Å². The van der Waals surface area contributed by atoms with Gasteiger partial charge in [-0.2, -0.15) is 0 Å². The highest BCUT2D eigenvalue weighted by Crippen LogP contribution is 2.28. The Kier molecular flexibility index (Phi) is 9.38. The van der Waals surface area contributed by atoms with Crippen LogP contribution >= 0.6 is 0 Å². The van der Waals surface area contributed by atoms with E-state index in [1.54, 1.807) is 27.8 Å². The van der Waals surface area contributed by atoms with Gasteiger partial charge < -0.3 is 20.3 Å². The van der Waals surface area contributed by atoms with Crippen molar-refractivity contribution < 1.29 is 19.1 Å². The van der Waals surface area contributed by atoms with Crippen molar-refractivity contribution in [3.05, 3.63) is 77.4 Å². The van der Waals surface area contributed by atoms with E-state index in [1.165, 1.54) is 4.90 Å². The highest BCUT2D eigenvalue weighted by molar-refractivity contribution is 6.00. The Morgan fingerprint density at radius 2 is 1.59 bits per heavy atom. The zero-order valence-corrected chi connectivity index (χ0v) is 24.3. The van der Waals surface area contributed by atoms with Crippen LogP contribution in [0.15, 0.2) is 60.7 Å². The van der Waals surface area contributed by atoms with E-state index in [0.29, 0.717) is 12.1 Å². The molecule has 0 aliphatic carbocycles. The molecule has 3 rings (SSSR count). The van der Waals surface area contributed by atoms with Crippen molar-refractivity contribution >= 4 is 34.4 Å². The molecule has 39 heavy (non-hydrogen) atoms. The number of likely N-dealkylation sites (N-methyl/N-ethyl adjacent to an activating group) is 1. The Balaban J connectivity index is 1.96. The predicted molar refractivity (Wildman–Crippen MR) is 157 cm³/mol. The summed E-state index contributed by atoms with van der Waals surface area (Å²) in [5.41, 5.74) is 2.53. The largest absolute Gasteiger partial charge is 0.444 e. The molecule has 0 heterocycles. The highest BCUT2D eigenvalue weighted by Gasteiger charge is 2.35. The maximum atomic E-state index is 13.9. The number of ether oxygens (including phenoxy) is 1. The van der Waals surface area contributed by atoms with Crippen LogP contribution in [0, 0.1) is 19.8 Å². The van der Waals surface area contributed by atoms with Gasteiger partial charge in [-0.15, -0.1) is 0 Å². The minimum Gasteiger partial charge on any atom is -0.444 e. The van der Waals surface area contributed by atoms with Crippen LogP contribution in [0.1, 0.15) is 63.8 Å². The monoisotopic (exact) mass is 531 g/mol. The van der Waals surface area contributed by atoms with Gasteiger partial charge >= 0.3 is 6.09 Å². The van der Waals surface area contributed by atoms with Gasteiger partial charge in [-0.3, -0.25) is 9.59 Å². The standard InChI is InChI=1S/C32H41N3O4/c1-20(2)17-27(34-31(38)39-32(5,6)7)30(37)35(8)28(26-18-21(3)13-14-22(26)4)29(36)33-25-16-15-23-11-9-10-12-24(23)19-25/h9-16,18-20,27-28H,17H2,1-8H3,(H,33,36)(H,34,38). The number of nitrogens with one attached hydrogen (secondary N) is 2. The summed E-state index contributed by atoms with van der Waals surface area (Å²) >= 11 is 0. The molecule has 2 atom stereocenters. The van der Waals surface area contributed by atoms with E-state index in [1.807, 2.05) is 88.4 Å². The minimum atomic E-state index is -0.918. The van der Waals surface area contributed by atoms with Gasteiger partial charge in [0, 0.05) is 12.7 Å². The lowest BCUT2D eigenvalue weighted by Crippen LogP contribution is -2.51. The SMILES string of the molecule is Cc1ccc(C)c(C(C(=O)Nc2ccc3ccccc3c2)N(C)C(=O)C(CC(C)C)NC(=O)OC(C)(C)C)c1. The zero-order chi connectivity index (χ0) is 28.9. The molecule has 0 spiro atoms. The number of fused-ring (bicyclic) bond motifs is 1. The van der Waals surface area contributed by atoms with Crippen LogP contribution in [0.5, 0.6) is 0 Å². The Hall–Kier alpha value is -3.87. The first-order valence-electron chi connectivity index (χ1n) is 13.4. The molecule has 0 aliphatic rings. The topological polar surface area (TPSA) is 87.7 Å². The number of benzene rings is 3. The zero-order valence-electron chi connectivity index (χ0n) is 24.3. The summed E-state index contributed by atoms with van der Waals surface area (Å²) in [4.78, 5) is 41.8. The Bertz CT molecular complexity index is 1340. The summed E-state index contributed by atoms with van der Waals surface area (Å²) in [5.74, 6) is -0.586. The molecule has 0 aromatic heterocycles. The number of anilines is 1. The highest BCUT2D eigenvalue weighted by atomic mass is 16.6. The number of nitrogens with zero attached hydrogens (tertiary/aromatic N) is 1. The first-order valence-corrected chi connectivity index (χ1v) is 13.4. The van der Waals surface area contributed by atoms with Crippen molar-refractivity contribution in [2.45, 2.75) is 72.6 Å². The lowest BCUT2D eigenvalue weighted by atomic mass is 9.95. The fourth-order valence-corrected chi connectivity index (χ4v) is 4.57. The summed E-state index contributed by atoms with van der Waals surface area (Å²) in [6, 6.07) is 17.7. The number of amides is 3. The maximum Gasteiger partial charge on any atom is 0.408 e. The van der Waals surface area contributed by atoms with Crippen molar-refractivity contribution in [1.29, 1.82) is 0 Å². The molecule has 0 saturated carbocycles. The van der Waals surface area contributed by atoms with Gasteiger partial charge in [0.2, 0.25) is 5.91 Å². The molecule has 0 radical (unpaired) electrons. The Morgan fingerprint density at radius 1 is 0.923 bits per heavy atom.